The van der Waals surface area contributed by atoms with Gasteiger partial charge in [-0.3, -0.25) is 9.69 Å². The molecule has 24 heavy (non-hydrogen) atoms. The van der Waals surface area contributed by atoms with E-state index in [1.54, 1.807) is 12.1 Å². The van der Waals surface area contributed by atoms with Gasteiger partial charge in [-0.1, -0.05) is 6.07 Å². The zero-order valence-electron chi connectivity index (χ0n) is 13.9. The number of pyridine rings is 1. The van der Waals surface area contributed by atoms with Crippen LogP contribution >= 0.6 is 0 Å². The van der Waals surface area contributed by atoms with Crippen LogP contribution in [0.5, 0.6) is 0 Å². The summed E-state index contributed by atoms with van der Waals surface area (Å²) in [5, 5.41) is 0. The molecule has 3 rings (SSSR count). The van der Waals surface area contributed by atoms with Crippen LogP contribution in [-0.4, -0.2) is 48.4 Å². The van der Waals surface area contributed by atoms with Gasteiger partial charge < -0.3 is 10.6 Å². The summed E-state index contributed by atoms with van der Waals surface area (Å²) in [6.45, 7) is 4.99. The summed E-state index contributed by atoms with van der Waals surface area (Å²) in [6, 6.07) is 13.2. The van der Waals surface area contributed by atoms with E-state index in [4.69, 9.17) is 5.73 Å². The summed E-state index contributed by atoms with van der Waals surface area (Å²) >= 11 is 0. The second-order valence-corrected chi connectivity index (χ2v) is 6.17. The smallest absolute Gasteiger partial charge is 0.162 e. The molecule has 1 fully saturated rings. The molecule has 0 unspecified atom stereocenters. The Kier molecular flexibility index (Phi) is 5.43. The average Bonchev–Trinajstić information content (AvgIpc) is 2.63. The molecular weight excluding hydrogens is 300 g/mol. The predicted molar refractivity (Wildman–Crippen MR) is 97.3 cm³/mol. The number of piperazine rings is 1. The van der Waals surface area contributed by atoms with Crippen molar-refractivity contribution in [3.8, 4) is 0 Å². The van der Waals surface area contributed by atoms with Gasteiger partial charge in [-0.05, 0) is 49.4 Å². The molecule has 1 aliphatic heterocycles. The molecular formula is C19H24N4O. The first-order valence-corrected chi connectivity index (χ1v) is 8.49. The van der Waals surface area contributed by atoms with Crippen molar-refractivity contribution in [2.45, 2.75) is 12.8 Å². The molecule has 2 heterocycles. The highest BCUT2D eigenvalue weighted by atomic mass is 16.1. The lowest BCUT2D eigenvalue weighted by atomic mass is 10.1. The first-order valence-electron chi connectivity index (χ1n) is 8.49. The molecule has 1 aromatic carbocycles. The van der Waals surface area contributed by atoms with Crippen LogP contribution in [0, 0.1) is 0 Å². The summed E-state index contributed by atoms with van der Waals surface area (Å²) in [6.07, 6.45) is 3.32. The van der Waals surface area contributed by atoms with Crippen molar-refractivity contribution in [1.29, 1.82) is 0 Å². The fraction of sp³-hybridized carbons (Fsp3) is 0.368. The van der Waals surface area contributed by atoms with Crippen molar-refractivity contribution in [3.05, 3.63) is 54.2 Å². The van der Waals surface area contributed by atoms with Crippen LogP contribution < -0.4 is 10.6 Å². The third-order valence-electron chi connectivity index (χ3n) is 4.46. The van der Waals surface area contributed by atoms with E-state index in [9.17, 15) is 4.79 Å². The number of Topliss-reactive ketones (excluding diaryl/α,β-unsaturated/α-hetero) is 1. The molecule has 126 valence electrons. The molecule has 1 saturated heterocycles. The normalized spacial score (nSPS) is 15.4. The minimum absolute atomic E-state index is 0.196. The monoisotopic (exact) mass is 324 g/mol. The molecule has 1 aliphatic rings. The number of nitrogen functional groups attached to an aromatic ring is 1. The van der Waals surface area contributed by atoms with E-state index in [0.717, 1.165) is 50.5 Å². The lowest BCUT2D eigenvalue weighted by Gasteiger charge is -2.35. The maximum atomic E-state index is 12.2. The minimum Gasteiger partial charge on any atom is -0.399 e. The number of anilines is 2. The van der Waals surface area contributed by atoms with Crippen LogP contribution in [-0.2, 0) is 0 Å². The van der Waals surface area contributed by atoms with Crippen LogP contribution in [0.4, 0.5) is 11.5 Å². The molecule has 1 aromatic heterocycles. The van der Waals surface area contributed by atoms with Gasteiger partial charge in [0.25, 0.3) is 0 Å². The Hall–Kier alpha value is -2.40. The number of carbonyl (C=O) groups is 1. The fourth-order valence-corrected chi connectivity index (χ4v) is 3.02. The summed E-state index contributed by atoms with van der Waals surface area (Å²) in [4.78, 5) is 21.3. The van der Waals surface area contributed by atoms with E-state index in [1.807, 2.05) is 30.5 Å². The lowest BCUT2D eigenvalue weighted by molar-refractivity contribution is 0.0974. The maximum absolute atomic E-state index is 12.2. The third-order valence-corrected chi connectivity index (χ3v) is 4.46. The van der Waals surface area contributed by atoms with E-state index >= 15 is 0 Å². The second-order valence-electron chi connectivity index (χ2n) is 6.17. The van der Waals surface area contributed by atoms with E-state index in [1.165, 1.54) is 0 Å². The molecule has 0 radical (unpaired) electrons. The van der Waals surface area contributed by atoms with Gasteiger partial charge in [0.2, 0.25) is 0 Å². The number of nitrogens with two attached hydrogens (primary N) is 1. The Bertz CT molecular complexity index is 649. The van der Waals surface area contributed by atoms with Crippen LogP contribution in [0.25, 0.3) is 0 Å². The van der Waals surface area contributed by atoms with Gasteiger partial charge in [-0.15, -0.1) is 0 Å². The van der Waals surface area contributed by atoms with Gasteiger partial charge in [0.15, 0.2) is 5.78 Å². The van der Waals surface area contributed by atoms with Gasteiger partial charge in [0.1, 0.15) is 5.82 Å². The van der Waals surface area contributed by atoms with Crippen molar-refractivity contribution in [2.24, 2.45) is 0 Å². The number of ketones is 1. The van der Waals surface area contributed by atoms with Crippen LogP contribution in [0.1, 0.15) is 23.2 Å². The highest BCUT2D eigenvalue weighted by molar-refractivity contribution is 5.96. The van der Waals surface area contributed by atoms with Gasteiger partial charge in [-0.25, -0.2) is 4.98 Å². The molecule has 2 N–H and O–H groups in total. The van der Waals surface area contributed by atoms with E-state index in [2.05, 4.69) is 20.9 Å². The van der Waals surface area contributed by atoms with E-state index in [0.29, 0.717) is 12.1 Å². The zero-order chi connectivity index (χ0) is 16.8. The van der Waals surface area contributed by atoms with Gasteiger partial charge in [-0.2, -0.15) is 0 Å². The third kappa shape index (κ3) is 4.32. The number of hydrogen-bond donors (Lipinski definition) is 1. The number of aromatic nitrogens is 1. The van der Waals surface area contributed by atoms with Crippen LogP contribution in [0.2, 0.25) is 0 Å². The number of hydrogen-bond acceptors (Lipinski definition) is 5. The summed E-state index contributed by atoms with van der Waals surface area (Å²) in [5.41, 5.74) is 7.10. The van der Waals surface area contributed by atoms with Crippen molar-refractivity contribution in [3.63, 3.8) is 0 Å². The first kappa shape index (κ1) is 16.5. The quantitative estimate of drug-likeness (QED) is 0.653. The Morgan fingerprint density at radius 3 is 2.46 bits per heavy atom. The Morgan fingerprint density at radius 2 is 1.79 bits per heavy atom. The maximum Gasteiger partial charge on any atom is 0.162 e. The van der Waals surface area contributed by atoms with Crippen LogP contribution in [0.3, 0.4) is 0 Å². The van der Waals surface area contributed by atoms with E-state index in [-0.39, 0.29) is 5.78 Å². The lowest BCUT2D eigenvalue weighted by Crippen LogP contribution is -2.46. The number of carbonyl (C=O) groups excluding carboxylic acids is 1. The molecule has 2 aromatic rings. The van der Waals surface area contributed by atoms with Crippen molar-refractivity contribution < 1.29 is 4.79 Å². The SMILES string of the molecule is Nc1ccc(C(=O)CCCN2CCN(c3ccccn3)CC2)cc1. The molecule has 0 amide bonds. The Morgan fingerprint density at radius 1 is 1.04 bits per heavy atom. The molecule has 0 aliphatic carbocycles. The standard InChI is InChI=1S/C19H24N4O/c20-17-8-6-16(7-9-17)18(24)4-3-11-22-12-14-23(15-13-22)19-5-1-2-10-21-19/h1-2,5-10H,3-4,11-15,20H2. The van der Waals surface area contributed by atoms with Gasteiger partial charge in [0, 0.05) is 50.0 Å². The molecule has 5 heteroatoms. The van der Waals surface area contributed by atoms with Crippen LogP contribution in [0.15, 0.2) is 48.7 Å². The number of benzene rings is 1. The number of nitrogens with zero attached hydrogens (tertiary/aromatic N) is 3. The highest BCUT2D eigenvalue weighted by Crippen LogP contribution is 2.14. The Labute approximate surface area is 143 Å². The van der Waals surface area contributed by atoms with Gasteiger partial charge >= 0.3 is 0 Å². The molecule has 0 bridgehead atoms. The predicted octanol–water partition coefficient (Wildman–Crippen LogP) is 2.45. The van der Waals surface area contributed by atoms with Crippen molar-refractivity contribution >= 4 is 17.3 Å². The largest absolute Gasteiger partial charge is 0.399 e. The summed E-state index contributed by atoms with van der Waals surface area (Å²) in [5.74, 6) is 1.25. The molecule has 0 saturated carbocycles. The summed E-state index contributed by atoms with van der Waals surface area (Å²) < 4.78 is 0. The van der Waals surface area contributed by atoms with Crippen molar-refractivity contribution in [2.75, 3.05) is 43.4 Å². The Balaban J connectivity index is 1.39. The minimum atomic E-state index is 0.196. The summed E-state index contributed by atoms with van der Waals surface area (Å²) in [7, 11) is 0. The van der Waals surface area contributed by atoms with E-state index < -0.39 is 0 Å². The molecule has 5 nitrogen and oxygen atoms in total. The van der Waals surface area contributed by atoms with Crippen molar-refractivity contribution in [1.82, 2.24) is 9.88 Å². The average molecular weight is 324 g/mol. The van der Waals surface area contributed by atoms with Gasteiger partial charge in [0.05, 0.1) is 0 Å². The molecule has 0 atom stereocenters. The highest BCUT2D eigenvalue weighted by Gasteiger charge is 2.17. The topological polar surface area (TPSA) is 62.5 Å². The second kappa shape index (κ2) is 7.93. The number of rotatable bonds is 6. The first-order chi connectivity index (χ1) is 11.7. The molecule has 0 spiro atoms. The zero-order valence-corrected chi connectivity index (χ0v) is 13.9. The fourth-order valence-electron chi connectivity index (χ4n) is 3.02.